The van der Waals surface area contributed by atoms with Crippen LogP contribution in [0.15, 0.2) is 0 Å². The highest BCUT2D eigenvalue weighted by molar-refractivity contribution is 5.86. The third kappa shape index (κ3) is 4.72. The van der Waals surface area contributed by atoms with Crippen molar-refractivity contribution in [3.05, 3.63) is 0 Å². The van der Waals surface area contributed by atoms with Gasteiger partial charge in [-0.2, -0.15) is 0 Å². The minimum Gasteiger partial charge on any atom is -0.368 e. The number of primary amides is 1. The number of nitrogens with zero attached hydrogens (tertiary/aromatic N) is 2. The lowest BCUT2D eigenvalue weighted by atomic mass is 9.91. The molecule has 1 amide bonds. The van der Waals surface area contributed by atoms with E-state index in [1.165, 1.54) is 0 Å². The molecule has 20 heavy (non-hydrogen) atoms. The topological polar surface area (TPSA) is 61.6 Å². The van der Waals surface area contributed by atoms with Crippen LogP contribution in [0.3, 0.4) is 0 Å². The van der Waals surface area contributed by atoms with Gasteiger partial charge in [0.25, 0.3) is 0 Å². The summed E-state index contributed by atoms with van der Waals surface area (Å²) in [6.45, 7) is 8.75. The molecule has 0 radical (unpaired) electrons. The molecule has 1 saturated carbocycles. The van der Waals surface area contributed by atoms with Crippen molar-refractivity contribution >= 4 is 5.91 Å². The maximum Gasteiger partial charge on any atom is 0.239 e. The number of amides is 1. The first-order valence-corrected chi connectivity index (χ1v) is 7.88. The average molecular weight is 284 g/mol. The summed E-state index contributed by atoms with van der Waals surface area (Å²) in [7, 11) is 4.16. The van der Waals surface area contributed by atoms with Gasteiger partial charge in [-0.1, -0.05) is 13.8 Å². The molecule has 0 aromatic heterocycles. The molecule has 0 aromatic rings. The van der Waals surface area contributed by atoms with Crippen LogP contribution in [0.2, 0.25) is 0 Å². The molecule has 3 N–H and O–H groups in total. The molecule has 1 atom stereocenters. The van der Waals surface area contributed by atoms with E-state index in [0.717, 1.165) is 52.0 Å². The first-order valence-electron chi connectivity index (χ1n) is 7.88. The summed E-state index contributed by atoms with van der Waals surface area (Å²) >= 11 is 0. The molecule has 1 aliphatic rings. The molecule has 1 aliphatic carbocycles. The molecular formula is C15H32N4O. The summed E-state index contributed by atoms with van der Waals surface area (Å²) < 4.78 is 0. The minimum atomic E-state index is -0.532. The first-order chi connectivity index (χ1) is 9.46. The Balaban J connectivity index is 2.75. The number of carbonyl (C=O) groups excluding carboxylic acids is 1. The molecule has 0 heterocycles. The zero-order valence-electron chi connectivity index (χ0n) is 13.6. The molecule has 0 aliphatic heterocycles. The Morgan fingerprint density at radius 2 is 1.90 bits per heavy atom. The number of carbonyl (C=O) groups is 1. The van der Waals surface area contributed by atoms with E-state index in [-0.39, 0.29) is 5.91 Å². The monoisotopic (exact) mass is 284 g/mol. The van der Waals surface area contributed by atoms with Crippen LogP contribution in [-0.4, -0.2) is 68.1 Å². The predicted octanol–water partition coefficient (Wildman–Crippen LogP) is 0.504. The summed E-state index contributed by atoms with van der Waals surface area (Å²) in [6.07, 6.45) is 3.33. The van der Waals surface area contributed by atoms with E-state index in [9.17, 15) is 4.79 Å². The van der Waals surface area contributed by atoms with Crippen molar-refractivity contribution in [3.8, 4) is 0 Å². The Hall–Kier alpha value is -0.650. The van der Waals surface area contributed by atoms with Crippen molar-refractivity contribution in [3.63, 3.8) is 0 Å². The Morgan fingerprint density at radius 3 is 2.30 bits per heavy atom. The Morgan fingerprint density at radius 1 is 1.25 bits per heavy atom. The molecule has 5 heteroatoms. The van der Waals surface area contributed by atoms with Gasteiger partial charge in [-0.15, -0.1) is 0 Å². The second-order valence-electron chi connectivity index (χ2n) is 6.22. The number of hydrogen-bond donors (Lipinski definition) is 2. The molecule has 1 unspecified atom stereocenters. The number of nitrogens with two attached hydrogens (primary N) is 1. The lowest BCUT2D eigenvalue weighted by molar-refractivity contribution is -0.126. The Bertz CT molecular complexity index is 304. The van der Waals surface area contributed by atoms with Crippen LogP contribution in [-0.2, 0) is 4.79 Å². The smallest absolute Gasteiger partial charge is 0.239 e. The standard InChI is InChI=1S/C15H32N4O/c1-5-9-19(11-10-18(3)4)12-15(14(16)20,17-6-2)13-7-8-13/h13,17H,5-12H2,1-4H3,(H2,16,20). The maximum atomic E-state index is 12.1. The highest BCUT2D eigenvalue weighted by atomic mass is 16.1. The highest BCUT2D eigenvalue weighted by Gasteiger charge is 2.50. The Kier molecular flexibility index (Phi) is 6.92. The van der Waals surface area contributed by atoms with E-state index in [2.05, 4.69) is 36.1 Å². The van der Waals surface area contributed by atoms with Gasteiger partial charge in [0.2, 0.25) is 5.91 Å². The molecule has 0 saturated heterocycles. The van der Waals surface area contributed by atoms with E-state index in [0.29, 0.717) is 5.92 Å². The largest absolute Gasteiger partial charge is 0.368 e. The quantitative estimate of drug-likeness (QED) is 0.580. The molecule has 5 nitrogen and oxygen atoms in total. The zero-order chi connectivity index (χ0) is 15.2. The summed E-state index contributed by atoms with van der Waals surface area (Å²) in [6, 6.07) is 0. The summed E-state index contributed by atoms with van der Waals surface area (Å²) in [5.74, 6) is 0.228. The van der Waals surface area contributed by atoms with Gasteiger partial charge in [0.1, 0.15) is 5.54 Å². The molecule has 0 bridgehead atoms. The molecule has 0 spiro atoms. The fourth-order valence-electron chi connectivity index (χ4n) is 2.87. The van der Waals surface area contributed by atoms with Crippen molar-refractivity contribution in [2.75, 3.05) is 46.8 Å². The Labute approximate surface area is 123 Å². The minimum absolute atomic E-state index is 0.187. The van der Waals surface area contributed by atoms with E-state index in [1.807, 2.05) is 6.92 Å². The van der Waals surface area contributed by atoms with Gasteiger partial charge in [-0.05, 0) is 52.4 Å². The number of hydrogen-bond acceptors (Lipinski definition) is 4. The predicted molar refractivity (Wildman–Crippen MR) is 83.6 cm³/mol. The lowest BCUT2D eigenvalue weighted by Gasteiger charge is -2.37. The van der Waals surface area contributed by atoms with Gasteiger partial charge in [0, 0.05) is 19.6 Å². The van der Waals surface area contributed by atoms with Gasteiger partial charge in [0.15, 0.2) is 0 Å². The van der Waals surface area contributed by atoms with E-state index in [1.54, 1.807) is 0 Å². The SMILES string of the molecule is CCCN(CCN(C)C)CC(NCC)(C(N)=O)C1CC1. The number of likely N-dealkylation sites (N-methyl/N-ethyl adjacent to an activating group) is 2. The fraction of sp³-hybridized carbons (Fsp3) is 0.933. The third-order valence-corrected chi connectivity index (χ3v) is 4.08. The van der Waals surface area contributed by atoms with Crippen LogP contribution >= 0.6 is 0 Å². The summed E-state index contributed by atoms with van der Waals surface area (Å²) in [5, 5.41) is 3.40. The molecule has 118 valence electrons. The van der Waals surface area contributed by atoms with Gasteiger partial charge < -0.3 is 16.0 Å². The van der Waals surface area contributed by atoms with Gasteiger partial charge in [0.05, 0.1) is 0 Å². The highest BCUT2D eigenvalue weighted by Crippen LogP contribution is 2.40. The van der Waals surface area contributed by atoms with Crippen LogP contribution in [0.4, 0.5) is 0 Å². The van der Waals surface area contributed by atoms with Crippen molar-refractivity contribution < 1.29 is 4.79 Å². The number of rotatable bonds is 11. The molecular weight excluding hydrogens is 252 g/mol. The average Bonchev–Trinajstić information content (AvgIpc) is 3.19. The van der Waals surface area contributed by atoms with E-state index >= 15 is 0 Å². The normalized spacial score (nSPS) is 18.5. The van der Waals surface area contributed by atoms with Crippen molar-refractivity contribution in [1.29, 1.82) is 0 Å². The fourth-order valence-corrected chi connectivity index (χ4v) is 2.87. The van der Waals surface area contributed by atoms with Crippen molar-refractivity contribution in [1.82, 2.24) is 15.1 Å². The molecule has 1 fully saturated rings. The second kappa shape index (κ2) is 7.96. The summed E-state index contributed by atoms with van der Waals surface area (Å²) in [5.41, 5.74) is 5.23. The van der Waals surface area contributed by atoms with Crippen LogP contribution < -0.4 is 11.1 Å². The molecule has 0 aromatic carbocycles. The van der Waals surface area contributed by atoms with Crippen molar-refractivity contribution in [2.24, 2.45) is 11.7 Å². The van der Waals surface area contributed by atoms with Gasteiger partial charge in [-0.3, -0.25) is 9.69 Å². The van der Waals surface area contributed by atoms with Crippen LogP contribution in [0, 0.1) is 5.92 Å². The first kappa shape index (κ1) is 17.4. The second-order valence-corrected chi connectivity index (χ2v) is 6.22. The van der Waals surface area contributed by atoms with Gasteiger partial charge in [-0.25, -0.2) is 0 Å². The van der Waals surface area contributed by atoms with Crippen LogP contribution in [0.25, 0.3) is 0 Å². The third-order valence-electron chi connectivity index (χ3n) is 4.08. The van der Waals surface area contributed by atoms with Crippen LogP contribution in [0.5, 0.6) is 0 Å². The van der Waals surface area contributed by atoms with Crippen LogP contribution in [0.1, 0.15) is 33.1 Å². The van der Waals surface area contributed by atoms with Crippen molar-refractivity contribution in [2.45, 2.75) is 38.6 Å². The van der Waals surface area contributed by atoms with E-state index < -0.39 is 5.54 Å². The van der Waals surface area contributed by atoms with E-state index in [4.69, 9.17) is 5.73 Å². The molecule has 1 rings (SSSR count). The van der Waals surface area contributed by atoms with Gasteiger partial charge >= 0.3 is 0 Å². The summed E-state index contributed by atoms with van der Waals surface area (Å²) in [4.78, 5) is 16.7. The number of nitrogens with one attached hydrogen (secondary N) is 1. The maximum absolute atomic E-state index is 12.1. The lowest BCUT2D eigenvalue weighted by Crippen LogP contribution is -2.63. The zero-order valence-corrected chi connectivity index (χ0v) is 13.6.